The molecular formula is C20H19Cl2N3O3S. The van der Waals surface area contributed by atoms with Crippen molar-refractivity contribution in [2.24, 2.45) is 0 Å². The number of ether oxygens (including phenoxy) is 2. The van der Waals surface area contributed by atoms with Crippen LogP contribution in [0.5, 0.6) is 5.75 Å². The Morgan fingerprint density at radius 2 is 2.07 bits per heavy atom. The van der Waals surface area contributed by atoms with Gasteiger partial charge in [0.1, 0.15) is 0 Å². The molecule has 1 aliphatic heterocycles. The Kier molecular flexibility index (Phi) is 6.60. The molecule has 0 N–H and O–H groups in total. The Morgan fingerprint density at radius 1 is 1.24 bits per heavy atom. The van der Waals surface area contributed by atoms with Gasteiger partial charge in [0.05, 0.1) is 34.7 Å². The van der Waals surface area contributed by atoms with Gasteiger partial charge in [-0.25, -0.2) is 9.97 Å². The Hall–Kier alpha value is -1.80. The first-order chi connectivity index (χ1) is 14.1. The van der Waals surface area contributed by atoms with Crippen LogP contribution in [-0.4, -0.2) is 39.6 Å². The van der Waals surface area contributed by atoms with Crippen LogP contribution < -0.4 is 10.3 Å². The monoisotopic (exact) mass is 451 g/mol. The second kappa shape index (κ2) is 9.34. The molecule has 3 aromatic rings. The molecule has 1 saturated heterocycles. The third-order valence-corrected chi connectivity index (χ3v) is 6.12. The normalized spacial score (nSPS) is 16.4. The zero-order valence-electron chi connectivity index (χ0n) is 15.5. The van der Waals surface area contributed by atoms with Crippen LogP contribution in [0.4, 0.5) is 0 Å². The van der Waals surface area contributed by atoms with Gasteiger partial charge in [0.15, 0.2) is 16.6 Å². The highest BCUT2D eigenvalue weighted by Gasteiger charge is 2.20. The maximum absolute atomic E-state index is 13.0. The van der Waals surface area contributed by atoms with Gasteiger partial charge in [-0.2, -0.15) is 0 Å². The minimum atomic E-state index is -0.101. The fraction of sp³-hybridized carbons (Fsp3) is 0.350. The van der Waals surface area contributed by atoms with Crippen molar-refractivity contribution < 1.29 is 9.47 Å². The predicted octanol–water partition coefficient (Wildman–Crippen LogP) is 4.45. The smallest absolute Gasteiger partial charge is 0.263 e. The third-order valence-electron chi connectivity index (χ3n) is 4.58. The van der Waals surface area contributed by atoms with Crippen molar-refractivity contribution in [3.05, 3.63) is 56.9 Å². The molecule has 0 bridgehead atoms. The second-order valence-electron chi connectivity index (χ2n) is 6.57. The molecule has 0 saturated carbocycles. The van der Waals surface area contributed by atoms with Gasteiger partial charge in [-0.15, -0.1) is 0 Å². The van der Waals surface area contributed by atoms with E-state index in [-0.39, 0.29) is 11.7 Å². The first kappa shape index (κ1) is 20.5. The predicted molar refractivity (Wildman–Crippen MR) is 115 cm³/mol. The molecule has 0 amide bonds. The number of rotatable bonds is 7. The molecule has 9 heteroatoms. The second-order valence-corrected chi connectivity index (χ2v) is 8.44. The Bertz CT molecular complexity index is 1050. The summed E-state index contributed by atoms with van der Waals surface area (Å²) in [5.74, 6) is 1.03. The lowest BCUT2D eigenvalue weighted by Gasteiger charge is -2.16. The number of hydrogen-bond acceptors (Lipinski definition) is 6. The van der Waals surface area contributed by atoms with Crippen LogP contribution in [0.2, 0.25) is 10.0 Å². The van der Waals surface area contributed by atoms with Gasteiger partial charge in [0.2, 0.25) is 0 Å². The lowest BCUT2D eigenvalue weighted by Crippen LogP contribution is -2.29. The van der Waals surface area contributed by atoms with E-state index < -0.39 is 0 Å². The summed E-state index contributed by atoms with van der Waals surface area (Å²) >= 11 is 13.7. The van der Waals surface area contributed by atoms with Gasteiger partial charge in [0.25, 0.3) is 5.56 Å². The highest BCUT2D eigenvalue weighted by Crippen LogP contribution is 2.32. The summed E-state index contributed by atoms with van der Waals surface area (Å²) in [4.78, 5) is 21.9. The first-order valence-corrected chi connectivity index (χ1v) is 11.0. The van der Waals surface area contributed by atoms with Gasteiger partial charge in [0, 0.05) is 18.6 Å². The summed E-state index contributed by atoms with van der Waals surface area (Å²) in [6.45, 7) is 1.58. The Labute approximate surface area is 182 Å². The summed E-state index contributed by atoms with van der Waals surface area (Å²) in [6.07, 6.45) is 3.61. The summed E-state index contributed by atoms with van der Waals surface area (Å²) in [5.41, 5.74) is 0.342. The van der Waals surface area contributed by atoms with Crippen molar-refractivity contribution in [1.29, 1.82) is 0 Å². The first-order valence-electron chi connectivity index (χ1n) is 9.30. The van der Waals surface area contributed by atoms with Gasteiger partial charge < -0.3 is 9.47 Å². The molecule has 3 heterocycles. The molecule has 6 nitrogen and oxygen atoms in total. The molecule has 1 atom stereocenters. The molecule has 1 aliphatic rings. The quantitative estimate of drug-likeness (QED) is 0.300. The topological polar surface area (TPSA) is 66.2 Å². The largest absolute Gasteiger partial charge is 0.490 e. The van der Waals surface area contributed by atoms with E-state index in [9.17, 15) is 4.79 Å². The third kappa shape index (κ3) is 4.69. The van der Waals surface area contributed by atoms with Crippen LogP contribution in [0, 0.1) is 0 Å². The van der Waals surface area contributed by atoms with Crippen LogP contribution in [0.25, 0.3) is 11.0 Å². The number of aromatic nitrogens is 3. The van der Waals surface area contributed by atoms with Crippen LogP contribution in [0.1, 0.15) is 12.8 Å². The standard InChI is InChI=1S/C20H19Cl2N3O3S/c21-15-6-1-7-16(22)17(15)28-10-11-29-20-24-18-14(5-2-8-23-18)19(26)25(20)12-13-4-3-9-27-13/h1-2,5-8,13H,3-4,9-12H2. The van der Waals surface area contributed by atoms with Gasteiger partial charge in [-0.3, -0.25) is 9.36 Å². The van der Waals surface area contributed by atoms with Crippen molar-refractivity contribution in [2.45, 2.75) is 30.6 Å². The van der Waals surface area contributed by atoms with Gasteiger partial charge in [-0.1, -0.05) is 41.0 Å². The van der Waals surface area contributed by atoms with Crippen LogP contribution in [-0.2, 0) is 11.3 Å². The van der Waals surface area contributed by atoms with E-state index in [1.54, 1.807) is 41.1 Å². The zero-order valence-corrected chi connectivity index (χ0v) is 17.8. The fourth-order valence-corrected chi connectivity index (χ4v) is 4.52. The van der Waals surface area contributed by atoms with E-state index in [1.807, 2.05) is 0 Å². The molecule has 1 fully saturated rings. The van der Waals surface area contributed by atoms with Crippen LogP contribution in [0.15, 0.2) is 46.5 Å². The van der Waals surface area contributed by atoms with E-state index in [2.05, 4.69) is 9.97 Å². The maximum Gasteiger partial charge on any atom is 0.263 e. The molecule has 2 aromatic heterocycles. The SMILES string of the molecule is O=c1c2cccnc2nc(SCCOc2c(Cl)cccc2Cl)n1CC1CCCO1. The van der Waals surface area contributed by atoms with Crippen molar-refractivity contribution in [3.63, 3.8) is 0 Å². The van der Waals surface area contributed by atoms with E-state index in [1.165, 1.54) is 11.8 Å². The molecule has 0 spiro atoms. The molecule has 29 heavy (non-hydrogen) atoms. The van der Waals surface area contributed by atoms with Gasteiger partial charge >= 0.3 is 0 Å². The lowest BCUT2D eigenvalue weighted by molar-refractivity contribution is 0.0937. The highest BCUT2D eigenvalue weighted by atomic mass is 35.5. The molecular weight excluding hydrogens is 433 g/mol. The number of pyridine rings is 1. The average Bonchev–Trinajstić information content (AvgIpc) is 3.23. The number of halogens is 2. The maximum atomic E-state index is 13.0. The summed E-state index contributed by atoms with van der Waals surface area (Å²) in [6, 6.07) is 8.72. The summed E-state index contributed by atoms with van der Waals surface area (Å²) < 4.78 is 13.2. The van der Waals surface area contributed by atoms with Crippen LogP contribution >= 0.6 is 35.0 Å². The average molecular weight is 452 g/mol. The Balaban J connectivity index is 1.53. The molecule has 152 valence electrons. The molecule has 1 aromatic carbocycles. The minimum absolute atomic E-state index is 0.0288. The van der Waals surface area contributed by atoms with Crippen LogP contribution in [0.3, 0.4) is 0 Å². The fourth-order valence-electron chi connectivity index (χ4n) is 3.20. The molecule has 0 radical (unpaired) electrons. The number of hydrogen-bond donors (Lipinski definition) is 0. The molecule has 0 aliphatic carbocycles. The number of thioether (sulfide) groups is 1. The van der Waals surface area contributed by atoms with E-state index in [4.69, 9.17) is 32.7 Å². The molecule has 4 rings (SSSR count). The van der Waals surface area contributed by atoms with E-state index >= 15 is 0 Å². The van der Waals surface area contributed by atoms with Crippen molar-refractivity contribution in [3.8, 4) is 5.75 Å². The summed E-state index contributed by atoms with van der Waals surface area (Å²) in [7, 11) is 0. The van der Waals surface area contributed by atoms with Crippen molar-refractivity contribution in [2.75, 3.05) is 19.0 Å². The van der Waals surface area contributed by atoms with E-state index in [0.717, 1.165) is 19.4 Å². The van der Waals surface area contributed by atoms with Crippen molar-refractivity contribution in [1.82, 2.24) is 14.5 Å². The van der Waals surface area contributed by atoms with E-state index in [0.29, 0.717) is 50.9 Å². The summed E-state index contributed by atoms with van der Waals surface area (Å²) in [5, 5.41) is 2.04. The lowest BCUT2D eigenvalue weighted by atomic mass is 10.2. The highest BCUT2D eigenvalue weighted by molar-refractivity contribution is 7.99. The minimum Gasteiger partial charge on any atom is -0.490 e. The molecule has 1 unspecified atom stereocenters. The van der Waals surface area contributed by atoms with Gasteiger partial charge in [-0.05, 0) is 37.1 Å². The number of benzene rings is 1. The Morgan fingerprint density at radius 3 is 2.83 bits per heavy atom. The number of fused-ring (bicyclic) bond motifs is 1. The zero-order chi connectivity index (χ0) is 20.2. The number of para-hydroxylation sites is 1. The number of nitrogens with zero attached hydrogens (tertiary/aromatic N) is 3. The van der Waals surface area contributed by atoms with Crippen molar-refractivity contribution >= 4 is 46.0 Å².